The Morgan fingerprint density at radius 3 is 2.13 bits per heavy atom. The van der Waals surface area contributed by atoms with Gasteiger partial charge in [0, 0.05) is 16.8 Å². The predicted molar refractivity (Wildman–Crippen MR) is 127 cm³/mol. The van der Waals surface area contributed by atoms with Gasteiger partial charge in [-0.25, -0.2) is 0 Å². The highest BCUT2D eigenvalue weighted by Crippen LogP contribution is 2.25. The number of amides is 1. The number of nitrogens with one attached hydrogen (secondary N) is 1. The number of carbonyl (C=O) groups excluding carboxylic acids is 1. The second kappa shape index (κ2) is 9.37. The van der Waals surface area contributed by atoms with Gasteiger partial charge in [0.1, 0.15) is 0 Å². The molecule has 1 saturated carbocycles. The summed E-state index contributed by atoms with van der Waals surface area (Å²) in [5.41, 5.74) is 7.28. The fourth-order valence-corrected chi connectivity index (χ4v) is 5.42. The molecule has 1 amide bonds. The Morgan fingerprint density at radius 1 is 0.900 bits per heavy atom. The van der Waals surface area contributed by atoms with Crippen molar-refractivity contribution in [1.29, 1.82) is 0 Å². The molecule has 30 heavy (non-hydrogen) atoms. The van der Waals surface area contributed by atoms with E-state index >= 15 is 0 Å². The first-order valence-electron chi connectivity index (χ1n) is 12.0. The minimum Gasteiger partial charge on any atom is -0.325 e. The van der Waals surface area contributed by atoms with Crippen LogP contribution in [-0.2, 0) is 4.79 Å². The molecule has 0 spiro atoms. The van der Waals surface area contributed by atoms with Crippen molar-refractivity contribution in [2.75, 3.05) is 0 Å². The Morgan fingerprint density at radius 2 is 1.50 bits per heavy atom. The van der Waals surface area contributed by atoms with Crippen molar-refractivity contribution in [2.24, 2.45) is 5.92 Å². The highest BCUT2D eigenvalue weighted by molar-refractivity contribution is 5.92. The zero-order chi connectivity index (χ0) is 21.1. The van der Waals surface area contributed by atoms with Crippen molar-refractivity contribution >= 4 is 29.3 Å². The van der Waals surface area contributed by atoms with Crippen molar-refractivity contribution in [2.45, 2.75) is 91.4 Å². The molecule has 3 aliphatic rings. The van der Waals surface area contributed by atoms with E-state index < -0.39 is 0 Å². The van der Waals surface area contributed by atoms with E-state index in [-0.39, 0.29) is 11.8 Å². The smallest absolute Gasteiger partial charge is 0.227 e. The number of hydrogen-bond acceptors (Lipinski definition) is 1. The number of fused-ring (bicyclic) bond motifs is 2. The average molecular weight is 403 g/mol. The zero-order valence-corrected chi connectivity index (χ0v) is 19.0. The van der Waals surface area contributed by atoms with Crippen molar-refractivity contribution in [3.63, 3.8) is 0 Å². The van der Waals surface area contributed by atoms with Crippen LogP contribution >= 0.6 is 0 Å². The molecule has 0 bridgehead atoms. The van der Waals surface area contributed by atoms with Gasteiger partial charge in [0.15, 0.2) is 0 Å². The van der Waals surface area contributed by atoms with Gasteiger partial charge in [-0.05, 0) is 84.9 Å². The summed E-state index contributed by atoms with van der Waals surface area (Å²) in [5, 5.41) is 5.72. The number of benzene rings is 1. The van der Waals surface area contributed by atoms with E-state index in [9.17, 15) is 4.79 Å². The maximum Gasteiger partial charge on any atom is 0.227 e. The third-order valence-electron chi connectivity index (χ3n) is 7.30. The molecule has 3 aliphatic carbocycles. The molecule has 0 aromatic heterocycles. The van der Waals surface area contributed by atoms with Crippen LogP contribution in [0.15, 0.2) is 17.7 Å². The fraction of sp³-hybridized carbons (Fsp3) is 0.536. The summed E-state index contributed by atoms with van der Waals surface area (Å²) in [6.07, 6.45) is 21.5. The zero-order valence-electron chi connectivity index (χ0n) is 19.0. The van der Waals surface area contributed by atoms with Gasteiger partial charge in [-0.1, -0.05) is 63.9 Å². The van der Waals surface area contributed by atoms with Gasteiger partial charge in [-0.2, -0.15) is 0 Å². The third kappa shape index (κ3) is 4.33. The first-order chi connectivity index (χ1) is 14.6. The highest BCUT2D eigenvalue weighted by atomic mass is 16.1. The fourth-order valence-electron chi connectivity index (χ4n) is 5.42. The summed E-state index contributed by atoms with van der Waals surface area (Å²) in [5.74, 6) is 0.371. The van der Waals surface area contributed by atoms with Crippen LogP contribution < -0.4 is 15.8 Å². The van der Waals surface area contributed by atoms with Crippen molar-refractivity contribution < 1.29 is 4.79 Å². The summed E-state index contributed by atoms with van der Waals surface area (Å²) in [6, 6.07) is 2.23. The highest BCUT2D eigenvalue weighted by Gasteiger charge is 2.22. The van der Waals surface area contributed by atoms with E-state index in [0.717, 1.165) is 18.5 Å². The monoisotopic (exact) mass is 402 g/mol. The summed E-state index contributed by atoms with van der Waals surface area (Å²) in [4.78, 5) is 13.3. The van der Waals surface area contributed by atoms with Gasteiger partial charge in [0.05, 0.1) is 0 Å². The molecule has 0 heterocycles. The first-order valence-corrected chi connectivity index (χ1v) is 12.0. The predicted octanol–water partition coefficient (Wildman–Crippen LogP) is 5.63. The van der Waals surface area contributed by atoms with E-state index in [1.54, 1.807) is 0 Å². The Balaban J connectivity index is 1.56. The van der Waals surface area contributed by atoms with Crippen LogP contribution in [-0.4, -0.2) is 5.91 Å². The van der Waals surface area contributed by atoms with Crippen molar-refractivity contribution in [3.8, 4) is 0 Å². The second-order valence-electron chi connectivity index (χ2n) is 9.46. The molecule has 2 nitrogen and oxygen atoms in total. The molecule has 0 aliphatic heterocycles. The molecular weight excluding hydrogens is 366 g/mol. The molecule has 0 atom stereocenters. The number of hydrogen-bond donors (Lipinski definition) is 1. The first kappa shape index (κ1) is 21.2. The molecule has 0 saturated heterocycles. The van der Waals surface area contributed by atoms with Gasteiger partial charge >= 0.3 is 0 Å². The van der Waals surface area contributed by atoms with Crippen LogP contribution in [0.4, 0.5) is 0 Å². The third-order valence-corrected chi connectivity index (χ3v) is 7.30. The van der Waals surface area contributed by atoms with Crippen LogP contribution in [0.25, 0.3) is 23.4 Å². The lowest BCUT2D eigenvalue weighted by atomic mass is 9.92. The number of carbonyl (C=O) groups is 1. The summed E-state index contributed by atoms with van der Waals surface area (Å²) < 4.78 is 0. The molecule has 0 unspecified atom stereocenters. The van der Waals surface area contributed by atoms with Crippen LogP contribution in [0.5, 0.6) is 0 Å². The standard InChI is InChI=1S/C28H36NO/c1-19-17-24-18-23-15-16-25(27(23)21(3)26(24)20(19)2)29-28(30)22-13-11-9-7-5-4-6-8-10-12-14-22/h15-16,18,22H,4-14H2,1-3H3,(H,29,30). The molecule has 159 valence electrons. The SMILES string of the molecule is CC1=C(C)c2c(C)c3c(cc2=[C]1)C=CC=3NC(=O)C1CCCCCCCCCCC1. The van der Waals surface area contributed by atoms with E-state index in [4.69, 9.17) is 0 Å². The molecule has 1 aromatic carbocycles. The largest absolute Gasteiger partial charge is 0.325 e. The van der Waals surface area contributed by atoms with Crippen LogP contribution in [0.2, 0.25) is 0 Å². The molecular formula is C28H36NO. The van der Waals surface area contributed by atoms with Gasteiger partial charge in [-0.3, -0.25) is 4.79 Å². The number of rotatable bonds is 2. The number of allylic oxidation sites excluding steroid dienone is 2. The van der Waals surface area contributed by atoms with Crippen LogP contribution in [0.1, 0.15) is 101 Å². The van der Waals surface area contributed by atoms with Crippen LogP contribution in [0.3, 0.4) is 0 Å². The second-order valence-corrected chi connectivity index (χ2v) is 9.46. The minimum absolute atomic E-state index is 0.148. The Hall–Kier alpha value is -2.09. The van der Waals surface area contributed by atoms with E-state index in [1.165, 1.54) is 96.1 Å². The molecule has 2 heteroatoms. The Labute approximate surface area is 181 Å². The van der Waals surface area contributed by atoms with Gasteiger partial charge < -0.3 is 5.32 Å². The van der Waals surface area contributed by atoms with Gasteiger partial charge in [-0.15, -0.1) is 0 Å². The Bertz CT molecular complexity index is 996. The van der Waals surface area contributed by atoms with E-state index in [0.29, 0.717) is 0 Å². The minimum atomic E-state index is 0.148. The lowest BCUT2D eigenvalue weighted by Crippen LogP contribution is -2.33. The molecule has 1 aromatic rings. The maximum atomic E-state index is 13.3. The summed E-state index contributed by atoms with van der Waals surface area (Å²) in [7, 11) is 0. The summed E-state index contributed by atoms with van der Waals surface area (Å²) in [6.45, 7) is 6.50. The van der Waals surface area contributed by atoms with Crippen molar-refractivity contribution in [1.82, 2.24) is 5.32 Å². The quantitative estimate of drug-likeness (QED) is 0.682. The van der Waals surface area contributed by atoms with Crippen LogP contribution in [0, 0.1) is 12.8 Å². The average Bonchev–Trinajstić information content (AvgIpc) is 3.23. The Kier molecular flexibility index (Phi) is 6.61. The van der Waals surface area contributed by atoms with E-state index in [1.807, 2.05) is 0 Å². The molecule has 4 rings (SSSR count). The van der Waals surface area contributed by atoms with E-state index in [2.05, 4.69) is 50.4 Å². The molecule has 1 fully saturated rings. The molecule has 1 radical (unpaired) electrons. The van der Waals surface area contributed by atoms with Crippen molar-refractivity contribution in [3.05, 3.63) is 44.8 Å². The maximum absolute atomic E-state index is 13.3. The molecule has 1 N–H and O–H groups in total. The topological polar surface area (TPSA) is 29.1 Å². The normalized spacial score (nSPS) is 20.3. The van der Waals surface area contributed by atoms with Gasteiger partial charge in [0.25, 0.3) is 0 Å². The van der Waals surface area contributed by atoms with Gasteiger partial charge in [0.2, 0.25) is 5.91 Å². The summed E-state index contributed by atoms with van der Waals surface area (Å²) >= 11 is 0. The lowest BCUT2D eigenvalue weighted by Gasteiger charge is -2.18. The lowest BCUT2D eigenvalue weighted by molar-refractivity contribution is -0.124.